The Morgan fingerprint density at radius 3 is 2.67 bits per heavy atom. The Labute approximate surface area is 133 Å². The molecule has 0 spiro atoms. The van der Waals surface area contributed by atoms with E-state index in [1.807, 2.05) is 0 Å². The smallest absolute Gasteiger partial charge is 0.132 e. The van der Waals surface area contributed by atoms with E-state index in [0.717, 1.165) is 41.9 Å². The highest BCUT2D eigenvalue weighted by atomic mass is 79.9. The van der Waals surface area contributed by atoms with Crippen molar-refractivity contribution in [3.63, 3.8) is 0 Å². The van der Waals surface area contributed by atoms with Gasteiger partial charge in [-0.3, -0.25) is 0 Å². The van der Waals surface area contributed by atoms with Crippen LogP contribution in [0.2, 0.25) is 0 Å². The SMILES string of the molecule is CCCNc1cc(-c2cc(Br)ccc2F)nc(CCC)n1. The largest absolute Gasteiger partial charge is 0.370 e. The monoisotopic (exact) mass is 351 g/mol. The lowest BCUT2D eigenvalue weighted by atomic mass is 10.1. The quantitative estimate of drug-likeness (QED) is 0.810. The molecule has 1 N–H and O–H groups in total. The summed E-state index contributed by atoms with van der Waals surface area (Å²) in [5.74, 6) is 1.22. The van der Waals surface area contributed by atoms with Gasteiger partial charge in [-0.05, 0) is 31.0 Å². The first kappa shape index (κ1) is 15.9. The molecule has 1 aromatic carbocycles. The molecule has 0 aliphatic heterocycles. The van der Waals surface area contributed by atoms with Crippen LogP contribution in [-0.4, -0.2) is 16.5 Å². The predicted octanol–water partition coefficient (Wildman–Crippen LogP) is 4.82. The average Bonchev–Trinajstić information content (AvgIpc) is 2.48. The topological polar surface area (TPSA) is 37.8 Å². The van der Waals surface area contributed by atoms with Crippen LogP contribution < -0.4 is 5.32 Å². The molecule has 5 heteroatoms. The van der Waals surface area contributed by atoms with E-state index >= 15 is 0 Å². The van der Waals surface area contributed by atoms with Crippen molar-refractivity contribution in [1.29, 1.82) is 0 Å². The molecule has 2 aromatic rings. The summed E-state index contributed by atoms with van der Waals surface area (Å²) in [6.07, 6.45) is 2.75. The highest BCUT2D eigenvalue weighted by Gasteiger charge is 2.11. The zero-order valence-corrected chi connectivity index (χ0v) is 13.9. The Kier molecular flexibility index (Phi) is 5.67. The summed E-state index contributed by atoms with van der Waals surface area (Å²) in [5, 5.41) is 3.25. The number of anilines is 1. The first-order valence-corrected chi connectivity index (χ1v) is 8.00. The summed E-state index contributed by atoms with van der Waals surface area (Å²) in [7, 11) is 0. The van der Waals surface area contributed by atoms with Gasteiger partial charge in [0.1, 0.15) is 17.5 Å². The van der Waals surface area contributed by atoms with Crippen LogP contribution in [0.4, 0.5) is 10.2 Å². The van der Waals surface area contributed by atoms with Gasteiger partial charge in [0.05, 0.1) is 5.69 Å². The second-order valence-electron chi connectivity index (χ2n) is 4.86. The fraction of sp³-hybridized carbons (Fsp3) is 0.375. The fourth-order valence-corrected chi connectivity index (χ4v) is 2.37. The molecular weight excluding hydrogens is 333 g/mol. The third-order valence-corrected chi connectivity index (χ3v) is 3.50. The lowest BCUT2D eigenvalue weighted by molar-refractivity contribution is 0.630. The molecule has 0 bridgehead atoms. The normalized spacial score (nSPS) is 10.7. The van der Waals surface area contributed by atoms with Crippen molar-refractivity contribution in [3.8, 4) is 11.3 Å². The van der Waals surface area contributed by atoms with Crippen molar-refractivity contribution < 1.29 is 4.39 Å². The predicted molar refractivity (Wildman–Crippen MR) is 87.9 cm³/mol. The summed E-state index contributed by atoms with van der Waals surface area (Å²) in [6, 6.07) is 6.68. The van der Waals surface area contributed by atoms with Crippen LogP contribution in [0.5, 0.6) is 0 Å². The van der Waals surface area contributed by atoms with Crippen molar-refractivity contribution in [2.75, 3.05) is 11.9 Å². The number of nitrogens with zero attached hydrogens (tertiary/aromatic N) is 2. The third kappa shape index (κ3) is 4.24. The molecule has 1 heterocycles. The van der Waals surface area contributed by atoms with E-state index < -0.39 is 0 Å². The van der Waals surface area contributed by atoms with E-state index in [9.17, 15) is 4.39 Å². The van der Waals surface area contributed by atoms with Gasteiger partial charge in [0.25, 0.3) is 0 Å². The summed E-state index contributed by atoms with van der Waals surface area (Å²) >= 11 is 3.38. The molecule has 0 fully saturated rings. The number of hydrogen-bond donors (Lipinski definition) is 1. The Morgan fingerprint density at radius 1 is 1.14 bits per heavy atom. The van der Waals surface area contributed by atoms with E-state index in [2.05, 4.69) is 45.1 Å². The van der Waals surface area contributed by atoms with Crippen molar-refractivity contribution in [3.05, 3.63) is 40.4 Å². The fourth-order valence-electron chi connectivity index (χ4n) is 2.01. The summed E-state index contributed by atoms with van der Waals surface area (Å²) < 4.78 is 14.9. The van der Waals surface area contributed by atoms with Gasteiger partial charge in [-0.2, -0.15) is 0 Å². The Balaban J connectivity index is 2.45. The van der Waals surface area contributed by atoms with Gasteiger partial charge in [-0.1, -0.05) is 29.8 Å². The second-order valence-corrected chi connectivity index (χ2v) is 5.77. The van der Waals surface area contributed by atoms with Crippen molar-refractivity contribution in [2.24, 2.45) is 0 Å². The average molecular weight is 352 g/mol. The molecule has 0 aliphatic carbocycles. The molecule has 112 valence electrons. The number of halogens is 2. The van der Waals surface area contributed by atoms with Crippen LogP contribution in [0.25, 0.3) is 11.3 Å². The first-order chi connectivity index (χ1) is 10.1. The van der Waals surface area contributed by atoms with Gasteiger partial charge < -0.3 is 5.32 Å². The van der Waals surface area contributed by atoms with E-state index in [-0.39, 0.29) is 5.82 Å². The molecule has 2 rings (SSSR count). The standard InChI is InChI=1S/C16H19BrFN3/c1-3-5-15-20-14(10-16(21-15)19-8-4-2)12-9-11(17)6-7-13(12)18/h6-7,9-10H,3-5,8H2,1-2H3,(H,19,20,21). The van der Waals surface area contributed by atoms with Crippen LogP contribution in [0.15, 0.2) is 28.7 Å². The lowest BCUT2D eigenvalue weighted by Gasteiger charge is -2.10. The maximum atomic E-state index is 14.1. The molecule has 0 amide bonds. The molecule has 3 nitrogen and oxygen atoms in total. The molecule has 21 heavy (non-hydrogen) atoms. The Morgan fingerprint density at radius 2 is 1.95 bits per heavy atom. The van der Waals surface area contributed by atoms with E-state index in [1.165, 1.54) is 6.07 Å². The Hall–Kier alpha value is -1.49. The molecule has 0 saturated heterocycles. The molecular formula is C16H19BrFN3. The lowest BCUT2D eigenvalue weighted by Crippen LogP contribution is -2.06. The van der Waals surface area contributed by atoms with Gasteiger partial charge in [0, 0.05) is 29.1 Å². The third-order valence-electron chi connectivity index (χ3n) is 3.01. The van der Waals surface area contributed by atoms with Gasteiger partial charge in [0.2, 0.25) is 0 Å². The number of aromatic nitrogens is 2. The van der Waals surface area contributed by atoms with E-state index in [0.29, 0.717) is 11.3 Å². The Bertz CT molecular complexity index is 616. The van der Waals surface area contributed by atoms with E-state index in [4.69, 9.17) is 0 Å². The molecule has 0 aliphatic rings. The zero-order chi connectivity index (χ0) is 15.2. The molecule has 1 aromatic heterocycles. The van der Waals surface area contributed by atoms with E-state index in [1.54, 1.807) is 18.2 Å². The van der Waals surface area contributed by atoms with Gasteiger partial charge in [-0.25, -0.2) is 14.4 Å². The first-order valence-electron chi connectivity index (χ1n) is 7.21. The van der Waals surface area contributed by atoms with Crippen molar-refractivity contribution >= 4 is 21.7 Å². The number of benzene rings is 1. The minimum Gasteiger partial charge on any atom is -0.370 e. The maximum Gasteiger partial charge on any atom is 0.132 e. The van der Waals surface area contributed by atoms with Crippen LogP contribution in [0, 0.1) is 5.82 Å². The second kappa shape index (κ2) is 7.50. The highest BCUT2D eigenvalue weighted by molar-refractivity contribution is 9.10. The highest BCUT2D eigenvalue weighted by Crippen LogP contribution is 2.26. The summed E-state index contributed by atoms with van der Waals surface area (Å²) in [5.41, 5.74) is 1.11. The molecule has 0 saturated carbocycles. The number of hydrogen-bond acceptors (Lipinski definition) is 3. The minimum atomic E-state index is -0.277. The molecule has 0 unspecified atom stereocenters. The van der Waals surface area contributed by atoms with Crippen molar-refractivity contribution in [2.45, 2.75) is 33.1 Å². The number of aryl methyl sites for hydroxylation is 1. The van der Waals surface area contributed by atoms with Crippen molar-refractivity contribution in [1.82, 2.24) is 9.97 Å². The minimum absolute atomic E-state index is 0.277. The van der Waals surface area contributed by atoms with Gasteiger partial charge in [0.15, 0.2) is 0 Å². The van der Waals surface area contributed by atoms with Crippen LogP contribution in [0.1, 0.15) is 32.5 Å². The van der Waals surface area contributed by atoms with Crippen LogP contribution in [-0.2, 0) is 6.42 Å². The van der Waals surface area contributed by atoms with Gasteiger partial charge >= 0.3 is 0 Å². The zero-order valence-electron chi connectivity index (χ0n) is 12.3. The summed E-state index contributed by atoms with van der Waals surface area (Å²) in [6.45, 7) is 5.01. The maximum absolute atomic E-state index is 14.1. The molecule has 0 radical (unpaired) electrons. The van der Waals surface area contributed by atoms with Crippen LogP contribution in [0.3, 0.4) is 0 Å². The molecule has 0 atom stereocenters. The number of nitrogens with one attached hydrogen (secondary N) is 1. The summed E-state index contributed by atoms with van der Waals surface area (Å²) in [4.78, 5) is 8.97. The number of rotatable bonds is 6. The van der Waals surface area contributed by atoms with Gasteiger partial charge in [-0.15, -0.1) is 0 Å². The van der Waals surface area contributed by atoms with Crippen LogP contribution >= 0.6 is 15.9 Å².